The van der Waals surface area contributed by atoms with Crippen LogP contribution in [0, 0.1) is 17.8 Å². The van der Waals surface area contributed by atoms with Crippen LogP contribution in [-0.2, 0) is 65.4 Å². The van der Waals surface area contributed by atoms with E-state index in [0.717, 1.165) is 127 Å². The molecule has 0 saturated heterocycles. The fourth-order valence-corrected chi connectivity index (χ4v) is 11.8. The molecule has 0 radical (unpaired) electrons. The van der Waals surface area contributed by atoms with Gasteiger partial charge in [-0.15, -0.1) is 0 Å². The summed E-state index contributed by atoms with van der Waals surface area (Å²) < 4.78 is 68.2. The number of rotatable bonds is 67. The summed E-state index contributed by atoms with van der Waals surface area (Å²) in [6, 6.07) is 0. The van der Waals surface area contributed by atoms with Gasteiger partial charge in [0.2, 0.25) is 0 Å². The van der Waals surface area contributed by atoms with E-state index in [0.29, 0.717) is 31.6 Å². The van der Waals surface area contributed by atoms with Crippen molar-refractivity contribution < 1.29 is 80.2 Å². The van der Waals surface area contributed by atoms with E-state index in [-0.39, 0.29) is 25.7 Å². The molecule has 0 spiro atoms. The number of phosphoric acid groups is 2. The SMILES string of the molecule is CCCCCC/C=C\C=C/CCCCCCCC(=O)OC[C@H](COP(=O)(O)OC[C@@H](O)COP(=O)(O)OC[C@@H](COC(=O)CCCCCCCCC(C)C)OC(=O)CCCCCCCCCCCC(C)C)OC(=O)CCCCCCCCCCCCCC(C)C. The molecular formula is C71H134O17P2. The lowest BCUT2D eigenvalue weighted by Gasteiger charge is -2.21. The Bertz CT molecular complexity index is 1860. The molecule has 0 aliphatic heterocycles. The molecule has 90 heavy (non-hydrogen) atoms. The molecule has 0 aromatic carbocycles. The number of ether oxygens (including phenoxy) is 4. The lowest BCUT2D eigenvalue weighted by Crippen LogP contribution is -2.30. The minimum Gasteiger partial charge on any atom is -0.462 e. The summed E-state index contributed by atoms with van der Waals surface area (Å²) in [5.74, 6) is 0.0172. The second-order valence-electron chi connectivity index (χ2n) is 26.4. The van der Waals surface area contributed by atoms with Crippen molar-refractivity contribution in [1.29, 1.82) is 0 Å². The predicted octanol–water partition coefficient (Wildman–Crippen LogP) is 19.8. The molecule has 0 amide bonds. The third-order valence-corrected chi connectivity index (χ3v) is 17.7. The summed E-state index contributed by atoms with van der Waals surface area (Å²) in [5.41, 5.74) is 0. The van der Waals surface area contributed by atoms with Crippen LogP contribution in [0.4, 0.5) is 0 Å². The van der Waals surface area contributed by atoms with Crippen LogP contribution in [0.2, 0.25) is 0 Å². The van der Waals surface area contributed by atoms with Gasteiger partial charge in [-0.2, -0.15) is 0 Å². The lowest BCUT2D eigenvalue weighted by molar-refractivity contribution is -0.161. The average molecular weight is 1320 g/mol. The number of hydrogen-bond donors (Lipinski definition) is 3. The van der Waals surface area contributed by atoms with E-state index < -0.39 is 97.5 Å². The monoisotopic (exact) mass is 1320 g/mol. The Morgan fingerprint density at radius 1 is 0.344 bits per heavy atom. The van der Waals surface area contributed by atoms with Gasteiger partial charge < -0.3 is 33.8 Å². The third kappa shape index (κ3) is 64.3. The second kappa shape index (κ2) is 61.4. The predicted molar refractivity (Wildman–Crippen MR) is 363 cm³/mol. The third-order valence-electron chi connectivity index (χ3n) is 15.8. The number of hydrogen-bond acceptors (Lipinski definition) is 15. The second-order valence-corrected chi connectivity index (χ2v) is 29.3. The highest BCUT2D eigenvalue weighted by atomic mass is 31.2. The minimum absolute atomic E-state index is 0.0990. The first-order chi connectivity index (χ1) is 43.2. The Morgan fingerprint density at radius 3 is 0.900 bits per heavy atom. The van der Waals surface area contributed by atoms with Crippen molar-refractivity contribution >= 4 is 39.5 Å². The van der Waals surface area contributed by atoms with Gasteiger partial charge in [-0.3, -0.25) is 37.3 Å². The molecule has 0 fully saturated rings. The van der Waals surface area contributed by atoms with E-state index in [9.17, 15) is 43.2 Å². The molecule has 0 saturated carbocycles. The fraction of sp³-hybridized carbons (Fsp3) is 0.887. The molecule has 0 bridgehead atoms. The molecule has 0 aromatic heterocycles. The highest BCUT2D eigenvalue weighted by Crippen LogP contribution is 2.45. The number of esters is 4. The summed E-state index contributed by atoms with van der Waals surface area (Å²) in [6.07, 6.45) is 48.2. The Balaban J connectivity index is 5.28. The summed E-state index contributed by atoms with van der Waals surface area (Å²) >= 11 is 0. The number of phosphoric ester groups is 2. The van der Waals surface area contributed by atoms with Gasteiger partial charge in [-0.25, -0.2) is 9.13 Å². The van der Waals surface area contributed by atoms with Crippen molar-refractivity contribution in [3.05, 3.63) is 24.3 Å². The zero-order chi connectivity index (χ0) is 66.6. The van der Waals surface area contributed by atoms with Gasteiger partial charge in [0.15, 0.2) is 12.2 Å². The zero-order valence-corrected chi connectivity index (χ0v) is 59.9. The fourth-order valence-electron chi connectivity index (χ4n) is 10.2. The maximum Gasteiger partial charge on any atom is 0.472 e. The number of carbonyl (C=O) groups is 4. The highest BCUT2D eigenvalue weighted by Gasteiger charge is 2.30. The normalized spacial score (nSPS) is 14.4. The van der Waals surface area contributed by atoms with E-state index in [1.165, 1.54) is 116 Å². The molecule has 3 N–H and O–H groups in total. The Hall–Kier alpha value is -2.46. The van der Waals surface area contributed by atoms with E-state index in [2.05, 4.69) is 72.8 Å². The number of unbranched alkanes of at least 4 members (excludes halogenated alkanes) is 32. The number of aliphatic hydroxyl groups excluding tert-OH is 1. The van der Waals surface area contributed by atoms with Gasteiger partial charge in [0, 0.05) is 25.7 Å². The van der Waals surface area contributed by atoms with Crippen LogP contribution in [0.3, 0.4) is 0 Å². The summed E-state index contributed by atoms with van der Waals surface area (Å²) in [4.78, 5) is 72.5. The van der Waals surface area contributed by atoms with Gasteiger partial charge in [0.25, 0.3) is 0 Å². The maximum absolute atomic E-state index is 13.0. The minimum atomic E-state index is -4.96. The average Bonchev–Trinajstić information content (AvgIpc) is 3.51. The lowest BCUT2D eigenvalue weighted by atomic mass is 10.0. The van der Waals surface area contributed by atoms with E-state index in [1.807, 2.05) is 0 Å². The first-order valence-electron chi connectivity index (χ1n) is 36.2. The summed E-state index contributed by atoms with van der Waals surface area (Å²) in [7, 11) is -9.91. The van der Waals surface area contributed by atoms with Crippen LogP contribution in [0.1, 0.15) is 331 Å². The molecule has 0 aliphatic rings. The maximum atomic E-state index is 13.0. The topological polar surface area (TPSA) is 237 Å². The number of aliphatic hydroxyl groups is 1. The van der Waals surface area contributed by atoms with Crippen molar-refractivity contribution in [3.8, 4) is 0 Å². The Kier molecular flexibility index (Phi) is 59.7. The van der Waals surface area contributed by atoms with Crippen LogP contribution in [0.25, 0.3) is 0 Å². The summed E-state index contributed by atoms with van der Waals surface area (Å²) in [6.45, 7) is 11.7. The molecule has 0 heterocycles. The Morgan fingerprint density at radius 2 is 0.600 bits per heavy atom. The molecule has 0 rings (SSSR count). The van der Waals surface area contributed by atoms with Crippen molar-refractivity contribution in [2.45, 2.75) is 349 Å². The van der Waals surface area contributed by atoms with Crippen LogP contribution < -0.4 is 0 Å². The molecule has 530 valence electrons. The first kappa shape index (κ1) is 87.5. The highest BCUT2D eigenvalue weighted by molar-refractivity contribution is 7.47. The van der Waals surface area contributed by atoms with Crippen molar-refractivity contribution in [2.24, 2.45) is 17.8 Å². The molecule has 0 aliphatic carbocycles. The largest absolute Gasteiger partial charge is 0.472 e. The molecule has 5 atom stereocenters. The van der Waals surface area contributed by atoms with Crippen molar-refractivity contribution in [1.82, 2.24) is 0 Å². The molecule has 2 unspecified atom stereocenters. The van der Waals surface area contributed by atoms with Gasteiger partial charge in [-0.1, -0.05) is 278 Å². The molecule has 19 heteroatoms. The van der Waals surface area contributed by atoms with Crippen LogP contribution in [0.5, 0.6) is 0 Å². The first-order valence-corrected chi connectivity index (χ1v) is 39.2. The van der Waals surface area contributed by atoms with E-state index >= 15 is 0 Å². The number of allylic oxidation sites excluding steroid dienone is 4. The van der Waals surface area contributed by atoms with Crippen molar-refractivity contribution in [3.63, 3.8) is 0 Å². The zero-order valence-electron chi connectivity index (χ0n) is 58.1. The number of carbonyl (C=O) groups excluding carboxylic acids is 4. The van der Waals surface area contributed by atoms with E-state index in [1.54, 1.807) is 0 Å². The molecular weight excluding hydrogens is 1190 g/mol. The van der Waals surface area contributed by atoms with Crippen LogP contribution in [0.15, 0.2) is 24.3 Å². The van der Waals surface area contributed by atoms with Crippen LogP contribution >= 0.6 is 15.6 Å². The van der Waals surface area contributed by atoms with Gasteiger partial charge in [0.1, 0.15) is 19.3 Å². The smallest absolute Gasteiger partial charge is 0.462 e. The van der Waals surface area contributed by atoms with Gasteiger partial charge in [-0.05, 0) is 69.1 Å². The summed E-state index contributed by atoms with van der Waals surface area (Å²) in [5, 5.41) is 10.6. The quantitative estimate of drug-likeness (QED) is 0.0169. The molecule has 0 aromatic rings. The van der Waals surface area contributed by atoms with Crippen molar-refractivity contribution in [2.75, 3.05) is 39.6 Å². The standard InChI is InChI=1S/C71H134O17P2/c1-8-9-10-11-12-13-14-15-16-17-20-25-30-38-45-52-68(73)81-58-66(87-70(75)54-47-40-31-26-21-18-19-23-28-35-42-49-62(2)3)60-85-89(77,78)83-56-65(72)57-84-90(79,80)86-61-67(59-82-69(74)53-46-39-34-33-37-44-51-64(6)7)88-71(76)55-48-41-32-27-22-24-29-36-43-50-63(4)5/h13-16,62-67,72H,8-12,17-61H2,1-7H3,(H,77,78)(H,79,80)/b14-13-,16-15-/t65-,66-,67-/m1/s1. The van der Waals surface area contributed by atoms with Crippen LogP contribution in [-0.4, -0.2) is 96.7 Å². The molecule has 17 nitrogen and oxygen atoms in total. The van der Waals surface area contributed by atoms with Gasteiger partial charge >= 0.3 is 39.5 Å². The van der Waals surface area contributed by atoms with Gasteiger partial charge in [0.05, 0.1) is 26.4 Å². The van der Waals surface area contributed by atoms with E-state index in [4.69, 9.17) is 37.0 Å². The Labute approximate surface area is 548 Å².